The lowest BCUT2D eigenvalue weighted by molar-refractivity contribution is -0.122. The van der Waals surface area contributed by atoms with Gasteiger partial charge in [-0.1, -0.05) is 109 Å². The lowest BCUT2D eigenvalue weighted by atomic mass is 9.88. The van der Waals surface area contributed by atoms with E-state index in [1.54, 1.807) is 7.11 Å². The van der Waals surface area contributed by atoms with Crippen molar-refractivity contribution in [3.63, 3.8) is 0 Å². The zero-order valence-electron chi connectivity index (χ0n) is 21.8. The number of methoxy groups -OCH3 is 1. The zero-order valence-corrected chi connectivity index (χ0v) is 21.8. The van der Waals surface area contributed by atoms with Crippen LogP contribution in [0.4, 0.5) is 0 Å². The molecule has 0 saturated carbocycles. The van der Waals surface area contributed by atoms with Gasteiger partial charge in [-0.05, 0) is 29.2 Å². The topological polar surface area (TPSA) is 70.6 Å². The Morgan fingerprint density at radius 3 is 1.95 bits per heavy atom. The average molecular weight is 509 g/mol. The van der Waals surface area contributed by atoms with Gasteiger partial charge in [-0.2, -0.15) is 0 Å². The highest BCUT2D eigenvalue weighted by atomic mass is 16.5. The Labute approximate surface area is 225 Å². The van der Waals surface area contributed by atoms with Crippen molar-refractivity contribution in [2.45, 2.75) is 37.5 Å². The quantitative estimate of drug-likeness (QED) is 0.235. The summed E-state index contributed by atoms with van der Waals surface area (Å²) in [6.45, 7) is 0.883. The summed E-state index contributed by atoms with van der Waals surface area (Å²) >= 11 is 0. The van der Waals surface area contributed by atoms with Crippen LogP contribution in [0.3, 0.4) is 0 Å². The fraction of sp³-hybridized carbons (Fsp3) is 0.242. The smallest absolute Gasteiger partial charge is 0.221 e. The van der Waals surface area contributed by atoms with Crippen LogP contribution in [0.5, 0.6) is 5.75 Å². The number of carbonyl (C=O) groups is 1. The van der Waals surface area contributed by atoms with Crippen molar-refractivity contribution in [3.05, 3.63) is 138 Å². The SMILES string of the molecule is COc1ccccc1CNC[C@H](O)[C@H](Cc1ccccc1)NC(=O)CC(c1ccccc1)c1ccccc1. The third-order valence-corrected chi connectivity index (χ3v) is 6.76. The summed E-state index contributed by atoms with van der Waals surface area (Å²) in [5.41, 5.74) is 4.25. The number of benzene rings is 4. The van der Waals surface area contributed by atoms with Gasteiger partial charge in [0.1, 0.15) is 5.75 Å². The lowest BCUT2D eigenvalue weighted by Crippen LogP contribution is -2.49. The van der Waals surface area contributed by atoms with Gasteiger partial charge in [-0.15, -0.1) is 0 Å². The van der Waals surface area contributed by atoms with Crippen LogP contribution in [0.1, 0.15) is 34.6 Å². The number of aliphatic hydroxyl groups is 1. The summed E-state index contributed by atoms with van der Waals surface area (Å²) in [7, 11) is 1.65. The fourth-order valence-corrected chi connectivity index (χ4v) is 4.75. The Kier molecular flexibility index (Phi) is 10.1. The molecule has 5 nitrogen and oxygen atoms in total. The molecule has 3 N–H and O–H groups in total. The van der Waals surface area contributed by atoms with Crippen molar-refractivity contribution in [2.75, 3.05) is 13.7 Å². The van der Waals surface area contributed by atoms with Crippen LogP contribution >= 0.6 is 0 Å². The molecule has 0 spiro atoms. The Morgan fingerprint density at radius 1 is 0.789 bits per heavy atom. The highest BCUT2D eigenvalue weighted by Crippen LogP contribution is 2.28. The van der Waals surface area contributed by atoms with E-state index in [0.717, 1.165) is 28.0 Å². The summed E-state index contributed by atoms with van der Waals surface area (Å²) in [5.74, 6) is 0.638. The van der Waals surface area contributed by atoms with Crippen molar-refractivity contribution >= 4 is 5.91 Å². The minimum atomic E-state index is -0.777. The van der Waals surface area contributed by atoms with E-state index in [9.17, 15) is 9.90 Å². The van der Waals surface area contributed by atoms with Crippen molar-refractivity contribution in [2.24, 2.45) is 0 Å². The number of ether oxygens (including phenoxy) is 1. The van der Waals surface area contributed by atoms with Crippen LogP contribution in [0, 0.1) is 0 Å². The Bertz CT molecular complexity index is 1210. The molecule has 0 unspecified atom stereocenters. The summed E-state index contributed by atoms with van der Waals surface area (Å²) < 4.78 is 5.43. The molecule has 38 heavy (non-hydrogen) atoms. The standard InChI is InChI=1S/C33H36N2O3/c1-38-32-20-12-11-19-28(32)23-34-24-31(36)30(21-25-13-5-2-6-14-25)35-33(37)22-29(26-15-7-3-8-16-26)27-17-9-4-10-18-27/h2-20,29-31,34,36H,21-24H2,1H3,(H,35,37)/t30-,31-/m0/s1. The molecule has 0 bridgehead atoms. The molecule has 0 aromatic heterocycles. The summed E-state index contributed by atoms with van der Waals surface area (Å²) in [6.07, 6.45) is 0.0484. The molecule has 4 rings (SSSR count). The van der Waals surface area contributed by atoms with E-state index in [2.05, 4.69) is 34.9 Å². The van der Waals surface area contributed by atoms with Crippen molar-refractivity contribution in [1.29, 1.82) is 0 Å². The second-order valence-electron chi connectivity index (χ2n) is 9.45. The monoisotopic (exact) mass is 508 g/mol. The van der Waals surface area contributed by atoms with E-state index < -0.39 is 12.1 Å². The third-order valence-electron chi connectivity index (χ3n) is 6.76. The van der Waals surface area contributed by atoms with Crippen molar-refractivity contribution in [3.8, 4) is 5.75 Å². The summed E-state index contributed by atoms with van der Waals surface area (Å²) in [6, 6.07) is 37.5. The molecule has 196 valence electrons. The first-order valence-corrected chi connectivity index (χ1v) is 13.1. The van der Waals surface area contributed by atoms with E-state index in [1.165, 1.54) is 0 Å². The number of nitrogens with one attached hydrogen (secondary N) is 2. The second-order valence-corrected chi connectivity index (χ2v) is 9.45. The van der Waals surface area contributed by atoms with Crippen LogP contribution in [0.25, 0.3) is 0 Å². The Balaban J connectivity index is 1.45. The largest absolute Gasteiger partial charge is 0.496 e. The zero-order chi connectivity index (χ0) is 26.6. The van der Waals surface area contributed by atoms with Crippen LogP contribution in [-0.2, 0) is 17.8 Å². The number of carbonyl (C=O) groups excluding carboxylic acids is 1. The van der Waals surface area contributed by atoms with E-state index >= 15 is 0 Å². The molecule has 0 saturated heterocycles. The number of para-hydroxylation sites is 1. The maximum absolute atomic E-state index is 13.4. The van der Waals surface area contributed by atoms with Gasteiger partial charge in [0.05, 0.1) is 19.3 Å². The first-order chi connectivity index (χ1) is 18.6. The fourth-order valence-electron chi connectivity index (χ4n) is 4.75. The van der Waals surface area contributed by atoms with Gasteiger partial charge in [0, 0.05) is 31.0 Å². The maximum atomic E-state index is 13.4. The molecule has 0 aliphatic heterocycles. The van der Waals surface area contributed by atoms with Gasteiger partial charge in [0.2, 0.25) is 5.91 Å². The number of hydrogen-bond acceptors (Lipinski definition) is 4. The van der Waals surface area contributed by atoms with E-state index in [4.69, 9.17) is 4.74 Å². The van der Waals surface area contributed by atoms with Gasteiger partial charge in [-0.3, -0.25) is 4.79 Å². The third kappa shape index (κ3) is 7.78. The highest BCUT2D eigenvalue weighted by Gasteiger charge is 2.24. The Morgan fingerprint density at radius 2 is 1.34 bits per heavy atom. The first-order valence-electron chi connectivity index (χ1n) is 13.1. The number of hydrogen-bond donors (Lipinski definition) is 3. The normalized spacial score (nSPS) is 12.6. The Hall–Kier alpha value is -3.93. The lowest BCUT2D eigenvalue weighted by Gasteiger charge is -2.26. The molecule has 0 heterocycles. The molecule has 5 heteroatoms. The van der Waals surface area contributed by atoms with E-state index in [1.807, 2.05) is 91.0 Å². The van der Waals surface area contributed by atoms with Gasteiger partial charge < -0.3 is 20.5 Å². The molecule has 4 aromatic carbocycles. The minimum absolute atomic E-state index is 0.0735. The molecule has 4 aromatic rings. The molecular formula is C33H36N2O3. The molecule has 0 aliphatic carbocycles. The van der Waals surface area contributed by atoms with Crippen LogP contribution in [0.2, 0.25) is 0 Å². The van der Waals surface area contributed by atoms with Gasteiger partial charge in [0.15, 0.2) is 0 Å². The molecule has 0 radical (unpaired) electrons. The van der Waals surface area contributed by atoms with E-state index in [-0.39, 0.29) is 11.8 Å². The highest BCUT2D eigenvalue weighted by molar-refractivity contribution is 5.78. The molecule has 1 amide bonds. The second kappa shape index (κ2) is 14.1. The first kappa shape index (κ1) is 27.1. The summed E-state index contributed by atoms with van der Waals surface area (Å²) in [5, 5.41) is 17.7. The number of aliphatic hydroxyl groups excluding tert-OH is 1. The van der Waals surface area contributed by atoms with Gasteiger partial charge >= 0.3 is 0 Å². The van der Waals surface area contributed by atoms with Crippen LogP contribution < -0.4 is 15.4 Å². The van der Waals surface area contributed by atoms with Gasteiger partial charge in [-0.25, -0.2) is 0 Å². The van der Waals surface area contributed by atoms with Crippen molar-refractivity contribution < 1.29 is 14.6 Å². The molecular weight excluding hydrogens is 472 g/mol. The minimum Gasteiger partial charge on any atom is -0.496 e. The van der Waals surface area contributed by atoms with Crippen LogP contribution in [-0.4, -0.2) is 36.8 Å². The van der Waals surface area contributed by atoms with Crippen LogP contribution in [0.15, 0.2) is 115 Å². The van der Waals surface area contributed by atoms with E-state index in [0.29, 0.717) is 25.9 Å². The van der Waals surface area contributed by atoms with Crippen molar-refractivity contribution in [1.82, 2.24) is 10.6 Å². The predicted octanol–water partition coefficient (Wildman–Crippen LogP) is 5.10. The number of amides is 1. The van der Waals surface area contributed by atoms with Gasteiger partial charge in [0.25, 0.3) is 0 Å². The summed E-state index contributed by atoms with van der Waals surface area (Å²) in [4.78, 5) is 13.4. The number of rotatable bonds is 13. The predicted molar refractivity (Wildman–Crippen MR) is 152 cm³/mol. The average Bonchev–Trinajstić information content (AvgIpc) is 2.97. The molecule has 0 aliphatic rings. The maximum Gasteiger partial charge on any atom is 0.221 e. The molecule has 2 atom stereocenters. The molecule has 0 fully saturated rings.